The highest BCUT2D eigenvalue weighted by atomic mass is 16.4. The van der Waals surface area contributed by atoms with Gasteiger partial charge in [0, 0.05) is 0 Å². The van der Waals surface area contributed by atoms with Crippen LogP contribution < -0.4 is 5.01 Å². The molecule has 0 saturated heterocycles. The van der Waals surface area contributed by atoms with Crippen LogP contribution in [0.25, 0.3) is 0 Å². The van der Waals surface area contributed by atoms with E-state index in [0.29, 0.717) is 5.69 Å². The largest absolute Gasteiger partial charge is 0.477 e. The van der Waals surface area contributed by atoms with Gasteiger partial charge in [0.15, 0.2) is 11.9 Å². The van der Waals surface area contributed by atoms with Crippen molar-refractivity contribution in [3.8, 4) is 0 Å². The Kier molecular flexibility index (Phi) is 3.28. The number of hydrazone groups is 1. The van der Waals surface area contributed by atoms with Crippen LogP contribution in [0.3, 0.4) is 0 Å². The van der Waals surface area contributed by atoms with Crippen LogP contribution in [0.1, 0.15) is 0 Å². The molecule has 0 bridgehead atoms. The standard InChI is InChI=1S/C11H13N3O4/c1-13-9(15)8(10(16)17)12-14(11(13)18)7-5-3-2-4-6-7/h2-6,9,11,15,18H,1H3,(H,16,17). The maximum Gasteiger partial charge on any atom is 0.356 e. The van der Waals surface area contributed by atoms with Gasteiger partial charge in [0.25, 0.3) is 0 Å². The topological polar surface area (TPSA) is 96.6 Å². The van der Waals surface area contributed by atoms with Gasteiger partial charge >= 0.3 is 5.97 Å². The van der Waals surface area contributed by atoms with E-state index in [2.05, 4.69) is 5.10 Å². The summed E-state index contributed by atoms with van der Waals surface area (Å²) >= 11 is 0. The molecule has 1 aromatic rings. The number of rotatable bonds is 2. The molecule has 18 heavy (non-hydrogen) atoms. The lowest BCUT2D eigenvalue weighted by molar-refractivity contribution is -0.132. The molecule has 0 aromatic heterocycles. The number of hydrogen-bond donors (Lipinski definition) is 3. The van der Waals surface area contributed by atoms with Crippen LogP contribution in [0.2, 0.25) is 0 Å². The van der Waals surface area contributed by atoms with Crippen molar-refractivity contribution in [3.05, 3.63) is 30.3 Å². The van der Waals surface area contributed by atoms with Crippen molar-refractivity contribution >= 4 is 17.4 Å². The summed E-state index contributed by atoms with van der Waals surface area (Å²) < 4.78 is 0. The Morgan fingerprint density at radius 3 is 2.44 bits per heavy atom. The van der Waals surface area contributed by atoms with E-state index in [-0.39, 0.29) is 0 Å². The van der Waals surface area contributed by atoms with Crippen molar-refractivity contribution in [1.82, 2.24) is 4.90 Å². The third kappa shape index (κ3) is 2.06. The molecule has 2 unspecified atom stereocenters. The molecule has 7 heteroatoms. The van der Waals surface area contributed by atoms with Crippen LogP contribution in [-0.2, 0) is 4.79 Å². The minimum absolute atomic E-state index is 0.438. The normalized spacial score (nSPS) is 24.8. The predicted molar refractivity (Wildman–Crippen MR) is 63.8 cm³/mol. The highest BCUT2D eigenvalue weighted by Crippen LogP contribution is 2.22. The first-order valence-corrected chi connectivity index (χ1v) is 5.26. The quantitative estimate of drug-likeness (QED) is 0.654. The summed E-state index contributed by atoms with van der Waals surface area (Å²) in [4.78, 5) is 12.1. The number of aliphatic carboxylic acids is 1. The Bertz CT molecular complexity index is 476. The summed E-state index contributed by atoms with van der Waals surface area (Å²) in [5.74, 6) is -1.33. The second kappa shape index (κ2) is 4.73. The number of para-hydroxylation sites is 1. The molecule has 2 atom stereocenters. The smallest absolute Gasteiger partial charge is 0.356 e. The fourth-order valence-electron chi connectivity index (χ4n) is 1.64. The Labute approximate surface area is 103 Å². The molecule has 96 valence electrons. The number of carboxylic acids is 1. The molecule has 0 amide bonds. The molecule has 1 aromatic carbocycles. The molecule has 2 rings (SSSR count). The zero-order chi connectivity index (χ0) is 13.3. The van der Waals surface area contributed by atoms with Crippen molar-refractivity contribution in [2.24, 2.45) is 5.10 Å². The van der Waals surface area contributed by atoms with E-state index in [1.807, 2.05) is 0 Å². The molecule has 0 radical (unpaired) electrons. The number of carbonyl (C=O) groups is 1. The molecule has 1 aliphatic rings. The summed E-state index contributed by atoms with van der Waals surface area (Å²) in [6.45, 7) is 0. The van der Waals surface area contributed by atoms with E-state index in [1.165, 1.54) is 7.05 Å². The molecule has 0 fully saturated rings. The van der Waals surface area contributed by atoms with E-state index in [9.17, 15) is 15.0 Å². The van der Waals surface area contributed by atoms with Crippen LogP contribution in [0.15, 0.2) is 35.4 Å². The van der Waals surface area contributed by atoms with Crippen LogP contribution in [0, 0.1) is 0 Å². The summed E-state index contributed by atoms with van der Waals surface area (Å²) in [7, 11) is 1.41. The van der Waals surface area contributed by atoms with Crippen molar-refractivity contribution in [1.29, 1.82) is 0 Å². The molecule has 1 heterocycles. The van der Waals surface area contributed by atoms with Gasteiger partial charge in [0.05, 0.1) is 5.69 Å². The van der Waals surface area contributed by atoms with Gasteiger partial charge in [-0.25, -0.2) is 14.7 Å². The number of aliphatic hydroxyl groups is 2. The average Bonchev–Trinajstić information content (AvgIpc) is 2.37. The number of benzene rings is 1. The van der Waals surface area contributed by atoms with Gasteiger partial charge in [-0.2, -0.15) is 5.10 Å². The van der Waals surface area contributed by atoms with Gasteiger partial charge < -0.3 is 15.3 Å². The molecular formula is C11H13N3O4. The van der Waals surface area contributed by atoms with Crippen molar-refractivity contribution in [3.63, 3.8) is 0 Å². The molecule has 0 spiro atoms. The number of aliphatic hydroxyl groups excluding tert-OH is 2. The average molecular weight is 251 g/mol. The lowest BCUT2D eigenvalue weighted by atomic mass is 10.2. The Hall–Kier alpha value is -1.96. The lowest BCUT2D eigenvalue weighted by Crippen LogP contribution is -2.58. The van der Waals surface area contributed by atoms with Crippen molar-refractivity contribution < 1.29 is 20.1 Å². The minimum atomic E-state index is -1.45. The van der Waals surface area contributed by atoms with Gasteiger partial charge in [-0.3, -0.25) is 0 Å². The summed E-state index contributed by atoms with van der Waals surface area (Å²) in [5.41, 5.74) is 0.0918. The van der Waals surface area contributed by atoms with Crippen LogP contribution in [-0.4, -0.2) is 51.5 Å². The Morgan fingerprint density at radius 1 is 1.28 bits per heavy atom. The highest BCUT2D eigenvalue weighted by molar-refractivity contribution is 6.37. The van der Waals surface area contributed by atoms with E-state index in [0.717, 1.165) is 9.91 Å². The van der Waals surface area contributed by atoms with Crippen LogP contribution >= 0.6 is 0 Å². The number of anilines is 1. The Morgan fingerprint density at radius 2 is 1.89 bits per heavy atom. The minimum Gasteiger partial charge on any atom is -0.477 e. The second-order valence-corrected chi connectivity index (χ2v) is 3.86. The zero-order valence-corrected chi connectivity index (χ0v) is 9.63. The van der Waals surface area contributed by atoms with Gasteiger partial charge in [-0.1, -0.05) is 18.2 Å². The van der Waals surface area contributed by atoms with E-state index >= 15 is 0 Å². The molecule has 0 saturated carbocycles. The SMILES string of the molecule is CN1C(O)C(C(=O)O)=NN(c2ccccc2)C1O. The second-order valence-electron chi connectivity index (χ2n) is 3.86. The molecule has 7 nitrogen and oxygen atoms in total. The first-order valence-electron chi connectivity index (χ1n) is 5.26. The van der Waals surface area contributed by atoms with Gasteiger partial charge in [0.1, 0.15) is 0 Å². The maximum absolute atomic E-state index is 11.0. The van der Waals surface area contributed by atoms with E-state index in [4.69, 9.17) is 5.11 Å². The monoisotopic (exact) mass is 251 g/mol. The maximum atomic E-state index is 11.0. The first kappa shape index (κ1) is 12.5. The number of nitrogens with zero attached hydrogens (tertiary/aromatic N) is 3. The fourth-order valence-corrected chi connectivity index (χ4v) is 1.64. The van der Waals surface area contributed by atoms with Crippen molar-refractivity contribution in [2.75, 3.05) is 12.1 Å². The van der Waals surface area contributed by atoms with Crippen LogP contribution in [0.4, 0.5) is 5.69 Å². The third-order valence-electron chi connectivity index (χ3n) is 2.67. The van der Waals surface area contributed by atoms with E-state index < -0.39 is 24.3 Å². The number of carboxylic acid groups (broad SMARTS) is 1. The lowest BCUT2D eigenvalue weighted by Gasteiger charge is -2.38. The predicted octanol–water partition coefficient (Wildman–Crippen LogP) is -0.527. The molecular weight excluding hydrogens is 238 g/mol. The Balaban J connectivity index is 2.43. The molecule has 0 aliphatic carbocycles. The molecule has 1 aliphatic heterocycles. The van der Waals surface area contributed by atoms with Gasteiger partial charge in [-0.05, 0) is 19.2 Å². The highest BCUT2D eigenvalue weighted by Gasteiger charge is 2.37. The van der Waals surface area contributed by atoms with Crippen LogP contribution in [0.5, 0.6) is 0 Å². The summed E-state index contributed by atoms with van der Waals surface area (Å²) in [6.07, 6.45) is -2.68. The van der Waals surface area contributed by atoms with Gasteiger partial charge in [-0.15, -0.1) is 0 Å². The fraction of sp³-hybridized carbons (Fsp3) is 0.273. The van der Waals surface area contributed by atoms with Crippen molar-refractivity contribution in [2.45, 2.75) is 12.6 Å². The first-order chi connectivity index (χ1) is 8.52. The summed E-state index contributed by atoms with van der Waals surface area (Å²) in [5, 5.41) is 33.5. The number of hydrogen-bond acceptors (Lipinski definition) is 6. The third-order valence-corrected chi connectivity index (χ3v) is 2.67. The zero-order valence-electron chi connectivity index (χ0n) is 9.63. The summed E-state index contributed by atoms with van der Waals surface area (Å²) in [6, 6.07) is 8.63. The molecule has 3 N–H and O–H groups in total. The van der Waals surface area contributed by atoms with E-state index in [1.54, 1.807) is 30.3 Å². The van der Waals surface area contributed by atoms with Gasteiger partial charge in [0.2, 0.25) is 6.35 Å².